The van der Waals surface area contributed by atoms with Gasteiger partial charge in [-0.1, -0.05) is 78.9 Å². The van der Waals surface area contributed by atoms with Crippen molar-refractivity contribution in [3.63, 3.8) is 0 Å². The van der Waals surface area contributed by atoms with Crippen molar-refractivity contribution < 1.29 is 4.79 Å². The SMILES string of the molecule is O=C(N[C@H]1CCSc2ccccc21)C(c1ccccc1)c1ccccc1. The lowest BCUT2D eigenvalue weighted by Crippen LogP contribution is -2.35. The molecular formula is C23H21NOS. The smallest absolute Gasteiger partial charge is 0.232 e. The lowest BCUT2D eigenvalue weighted by Gasteiger charge is -2.28. The molecule has 4 rings (SSSR count). The molecule has 1 heterocycles. The van der Waals surface area contributed by atoms with Gasteiger partial charge in [0.15, 0.2) is 0 Å². The molecule has 0 aromatic heterocycles. The van der Waals surface area contributed by atoms with Gasteiger partial charge in [-0.25, -0.2) is 0 Å². The number of hydrogen-bond acceptors (Lipinski definition) is 2. The van der Waals surface area contributed by atoms with E-state index in [1.807, 2.05) is 72.4 Å². The van der Waals surface area contributed by atoms with Crippen LogP contribution in [0.25, 0.3) is 0 Å². The first-order valence-corrected chi connectivity index (χ1v) is 9.93. The first-order valence-electron chi connectivity index (χ1n) is 8.95. The van der Waals surface area contributed by atoms with Crippen LogP contribution in [0.5, 0.6) is 0 Å². The van der Waals surface area contributed by atoms with Crippen molar-refractivity contribution in [2.45, 2.75) is 23.3 Å². The summed E-state index contributed by atoms with van der Waals surface area (Å²) >= 11 is 1.87. The number of nitrogens with one attached hydrogen (secondary N) is 1. The summed E-state index contributed by atoms with van der Waals surface area (Å²) in [7, 11) is 0. The summed E-state index contributed by atoms with van der Waals surface area (Å²) in [6.07, 6.45) is 0.962. The maximum atomic E-state index is 13.3. The first-order chi connectivity index (χ1) is 12.8. The number of carbonyl (C=O) groups is 1. The van der Waals surface area contributed by atoms with Crippen LogP contribution in [-0.2, 0) is 4.79 Å². The molecule has 1 aliphatic rings. The van der Waals surface area contributed by atoms with E-state index in [2.05, 4.69) is 29.6 Å². The van der Waals surface area contributed by atoms with Gasteiger partial charge in [-0.05, 0) is 29.2 Å². The third-order valence-electron chi connectivity index (χ3n) is 4.80. The Balaban J connectivity index is 1.64. The van der Waals surface area contributed by atoms with Gasteiger partial charge < -0.3 is 5.32 Å². The summed E-state index contributed by atoms with van der Waals surface area (Å²) in [5.41, 5.74) is 3.28. The fourth-order valence-electron chi connectivity index (χ4n) is 3.53. The number of hydrogen-bond donors (Lipinski definition) is 1. The highest BCUT2D eigenvalue weighted by Gasteiger charge is 2.27. The average Bonchev–Trinajstić information content (AvgIpc) is 2.70. The van der Waals surface area contributed by atoms with E-state index in [4.69, 9.17) is 0 Å². The van der Waals surface area contributed by atoms with E-state index in [-0.39, 0.29) is 17.9 Å². The second-order valence-corrected chi connectivity index (χ2v) is 7.63. The Morgan fingerprint density at radius 1 is 0.846 bits per heavy atom. The van der Waals surface area contributed by atoms with Crippen molar-refractivity contribution in [3.05, 3.63) is 102 Å². The summed E-state index contributed by atoms with van der Waals surface area (Å²) < 4.78 is 0. The van der Waals surface area contributed by atoms with Crippen molar-refractivity contribution >= 4 is 17.7 Å². The zero-order chi connectivity index (χ0) is 17.8. The van der Waals surface area contributed by atoms with Crippen LogP contribution in [0.2, 0.25) is 0 Å². The van der Waals surface area contributed by atoms with Gasteiger partial charge in [0.25, 0.3) is 0 Å². The van der Waals surface area contributed by atoms with Crippen molar-refractivity contribution in [1.29, 1.82) is 0 Å². The third-order valence-corrected chi connectivity index (χ3v) is 5.93. The van der Waals surface area contributed by atoms with Gasteiger partial charge in [0.2, 0.25) is 5.91 Å². The van der Waals surface area contributed by atoms with E-state index < -0.39 is 0 Å². The van der Waals surface area contributed by atoms with Gasteiger partial charge in [-0.15, -0.1) is 11.8 Å². The number of rotatable bonds is 4. The van der Waals surface area contributed by atoms with E-state index in [1.54, 1.807) is 0 Å². The number of fused-ring (bicyclic) bond motifs is 1. The summed E-state index contributed by atoms with van der Waals surface area (Å²) in [6.45, 7) is 0. The number of carbonyl (C=O) groups excluding carboxylic acids is 1. The highest BCUT2D eigenvalue weighted by molar-refractivity contribution is 7.99. The Bertz CT molecular complexity index is 839. The fraction of sp³-hybridized carbons (Fsp3) is 0.174. The first kappa shape index (κ1) is 16.9. The summed E-state index contributed by atoms with van der Waals surface area (Å²) in [4.78, 5) is 14.6. The van der Waals surface area contributed by atoms with Crippen LogP contribution in [-0.4, -0.2) is 11.7 Å². The van der Waals surface area contributed by atoms with Crippen molar-refractivity contribution in [1.82, 2.24) is 5.32 Å². The summed E-state index contributed by atoms with van der Waals surface area (Å²) in [5, 5.41) is 3.32. The number of benzene rings is 3. The molecule has 0 radical (unpaired) electrons. The molecule has 0 fully saturated rings. The molecule has 0 saturated carbocycles. The molecule has 0 spiro atoms. The third kappa shape index (κ3) is 3.54. The molecule has 130 valence electrons. The van der Waals surface area contributed by atoms with E-state index in [9.17, 15) is 4.79 Å². The molecule has 1 atom stereocenters. The standard InChI is InChI=1S/C23H21NOS/c25-23(24-20-15-16-26-21-14-8-7-13-19(20)21)22(17-9-3-1-4-10-17)18-11-5-2-6-12-18/h1-14,20,22H,15-16H2,(H,24,25)/t20-/m0/s1. The van der Waals surface area contributed by atoms with Crippen molar-refractivity contribution in [2.24, 2.45) is 0 Å². The molecule has 3 aromatic carbocycles. The van der Waals surface area contributed by atoms with Gasteiger partial charge >= 0.3 is 0 Å². The molecule has 26 heavy (non-hydrogen) atoms. The van der Waals surface area contributed by atoms with Gasteiger partial charge in [0.05, 0.1) is 12.0 Å². The zero-order valence-electron chi connectivity index (χ0n) is 14.5. The monoisotopic (exact) mass is 359 g/mol. The number of amides is 1. The molecule has 2 nitrogen and oxygen atoms in total. The second-order valence-electron chi connectivity index (χ2n) is 6.49. The fourth-order valence-corrected chi connectivity index (χ4v) is 4.66. The molecule has 0 unspecified atom stereocenters. The maximum Gasteiger partial charge on any atom is 0.232 e. The predicted molar refractivity (Wildman–Crippen MR) is 107 cm³/mol. The Morgan fingerprint density at radius 2 is 1.42 bits per heavy atom. The van der Waals surface area contributed by atoms with Gasteiger partial charge in [0, 0.05) is 10.6 Å². The van der Waals surface area contributed by atoms with Crippen LogP contribution in [0.3, 0.4) is 0 Å². The molecule has 0 saturated heterocycles. The Morgan fingerprint density at radius 3 is 2.08 bits per heavy atom. The van der Waals surface area contributed by atoms with Gasteiger partial charge in [-0.3, -0.25) is 4.79 Å². The molecule has 3 heteroatoms. The maximum absolute atomic E-state index is 13.3. The zero-order valence-corrected chi connectivity index (χ0v) is 15.3. The molecule has 1 aliphatic heterocycles. The van der Waals surface area contributed by atoms with Crippen LogP contribution >= 0.6 is 11.8 Å². The quantitative estimate of drug-likeness (QED) is 0.696. The topological polar surface area (TPSA) is 29.1 Å². The largest absolute Gasteiger partial charge is 0.348 e. The van der Waals surface area contributed by atoms with Gasteiger partial charge in [-0.2, -0.15) is 0 Å². The van der Waals surface area contributed by atoms with Crippen LogP contribution in [0.1, 0.15) is 35.1 Å². The lowest BCUT2D eigenvalue weighted by molar-refractivity contribution is -0.122. The van der Waals surface area contributed by atoms with E-state index in [1.165, 1.54) is 10.5 Å². The predicted octanol–water partition coefficient (Wildman–Crippen LogP) is 5.17. The molecule has 3 aromatic rings. The minimum absolute atomic E-state index is 0.0640. The summed E-state index contributed by atoms with van der Waals surface area (Å²) in [6, 6.07) is 28.5. The Hall–Kier alpha value is -2.52. The average molecular weight is 359 g/mol. The number of thioether (sulfide) groups is 1. The molecular weight excluding hydrogens is 338 g/mol. The van der Waals surface area contributed by atoms with Crippen LogP contribution < -0.4 is 5.32 Å². The van der Waals surface area contributed by atoms with E-state index in [0.717, 1.165) is 23.3 Å². The molecule has 0 aliphatic carbocycles. The minimum Gasteiger partial charge on any atom is -0.348 e. The lowest BCUT2D eigenvalue weighted by atomic mass is 9.90. The van der Waals surface area contributed by atoms with Crippen LogP contribution in [0.15, 0.2) is 89.8 Å². The molecule has 0 bridgehead atoms. The highest BCUT2D eigenvalue weighted by atomic mass is 32.2. The molecule has 1 amide bonds. The van der Waals surface area contributed by atoms with Gasteiger partial charge in [0.1, 0.15) is 0 Å². The highest BCUT2D eigenvalue weighted by Crippen LogP contribution is 2.36. The van der Waals surface area contributed by atoms with Crippen molar-refractivity contribution in [2.75, 3.05) is 5.75 Å². The van der Waals surface area contributed by atoms with Crippen LogP contribution in [0, 0.1) is 0 Å². The van der Waals surface area contributed by atoms with E-state index >= 15 is 0 Å². The summed E-state index contributed by atoms with van der Waals surface area (Å²) in [5.74, 6) is 0.803. The van der Waals surface area contributed by atoms with Crippen LogP contribution in [0.4, 0.5) is 0 Å². The normalized spacial score (nSPS) is 16.1. The van der Waals surface area contributed by atoms with E-state index in [0.29, 0.717) is 0 Å². The van der Waals surface area contributed by atoms with Crippen molar-refractivity contribution in [3.8, 4) is 0 Å². The Labute approximate surface area is 158 Å². The molecule has 1 N–H and O–H groups in total. The Kier molecular flexibility index (Phi) is 5.07. The minimum atomic E-state index is -0.292. The second kappa shape index (κ2) is 7.79.